The molecule has 126 valence electrons. The van der Waals surface area contributed by atoms with Gasteiger partial charge in [0.25, 0.3) is 0 Å². The number of hydrogen-bond acceptors (Lipinski definition) is 5. The molecule has 4 rings (SSSR count). The lowest BCUT2D eigenvalue weighted by Crippen LogP contribution is -2.10. The molecule has 2 aromatic heterocycles. The van der Waals surface area contributed by atoms with Crippen molar-refractivity contribution in [2.45, 2.75) is 20.3 Å². The average Bonchev–Trinajstić information content (AvgIpc) is 2.95. The number of imidazole rings is 1. The van der Waals surface area contributed by atoms with Gasteiger partial charge in [0.1, 0.15) is 12.2 Å². The topological polar surface area (TPSA) is 69.9 Å². The Hall–Kier alpha value is -2.73. The molecule has 0 aliphatic carbocycles. The van der Waals surface area contributed by atoms with Gasteiger partial charge in [-0.3, -0.25) is 0 Å². The summed E-state index contributed by atoms with van der Waals surface area (Å²) in [6.07, 6.45) is 3.91. The van der Waals surface area contributed by atoms with Gasteiger partial charge in [0, 0.05) is 28.8 Å². The monoisotopic (exact) mass is 354 g/mol. The second-order valence-electron chi connectivity index (χ2n) is 5.76. The molecular formula is C18H15ClN4O2. The molecule has 0 bridgehead atoms. The van der Waals surface area contributed by atoms with E-state index in [0.717, 1.165) is 28.2 Å². The van der Waals surface area contributed by atoms with Crippen LogP contribution in [0, 0.1) is 6.92 Å². The highest BCUT2D eigenvalue weighted by molar-refractivity contribution is 6.31. The Morgan fingerprint density at radius 1 is 1.36 bits per heavy atom. The summed E-state index contributed by atoms with van der Waals surface area (Å²) in [5.74, 6) is 0.253. The van der Waals surface area contributed by atoms with Crippen LogP contribution in [0.3, 0.4) is 0 Å². The number of halogens is 1. The minimum absolute atomic E-state index is 0.302. The van der Waals surface area contributed by atoms with Crippen LogP contribution in [0.4, 0.5) is 0 Å². The first-order chi connectivity index (χ1) is 12.1. The summed E-state index contributed by atoms with van der Waals surface area (Å²) < 4.78 is 7.04. The minimum Gasteiger partial charge on any atom is -0.461 e. The lowest BCUT2D eigenvalue weighted by Gasteiger charge is -2.10. The molecule has 1 aromatic carbocycles. The van der Waals surface area contributed by atoms with Crippen LogP contribution in [-0.4, -0.2) is 32.1 Å². The van der Waals surface area contributed by atoms with Crippen LogP contribution in [0.1, 0.15) is 34.5 Å². The molecule has 0 amide bonds. The number of rotatable bonds is 2. The number of hydrogen-bond donors (Lipinski definition) is 0. The van der Waals surface area contributed by atoms with Gasteiger partial charge in [0.05, 0.1) is 23.7 Å². The van der Waals surface area contributed by atoms with E-state index in [1.807, 2.05) is 29.7 Å². The molecule has 3 heterocycles. The Bertz CT molecular complexity index is 997. The highest BCUT2D eigenvalue weighted by atomic mass is 35.5. The number of fused-ring (bicyclic) bond motifs is 5. The van der Waals surface area contributed by atoms with Crippen LogP contribution in [0.2, 0.25) is 5.02 Å². The van der Waals surface area contributed by atoms with Gasteiger partial charge in [-0.2, -0.15) is 0 Å². The van der Waals surface area contributed by atoms with Gasteiger partial charge >= 0.3 is 5.97 Å². The molecule has 1 aliphatic heterocycles. The van der Waals surface area contributed by atoms with Crippen molar-refractivity contribution in [2.24, 2.45) is 0 Å². The highest BCUT2D eigenvalue weighted by Gasteiger charge is 2.27. The number of esters is 1. The van der Waals surface area contributed by atoms with Gasteiger partial charge in [0.2, 0.25) is 0 Å². The lowest BCUT2D eigenvalue weighted by molar-refractivity contribution is 0.0519. The third-order valence-corrected chi connectivity index (χ3v) is 4.39. The first kappa shape index (κ1) is 15.8. The Kier molecular flexibility index (Phi) is 3.77. The van der Waals surface area contributed by atoms with Crippen molar-refractivity contribution < 1.29 is 9.53 Å². The molecule has 25 heavy (non-hydrogen) atoms. The van der Waals surface area contributed by atoms with Gasteiger partial charge in [-0.05, 0) is 32.0 Å². The lowest BCUT2D eigenvalue weighted by atomic mass is 10.0. The van der Waals surface area contributed by atoms with Crippen molar-refractivity contribution in [1.29, 1.82) is 0 Å². The van der Waals surface area contributed by atoms with Crippen molar-refractivity contribution in [3.63, 3.8) is 0 Å². The normalized spacial score (nSPS) is 12.0. The summed E-state index contributed by atoms with van der Waals surface area (Å²) in [4.78, 5) is 25.5. The third kappa shape index (κ3) is 2.59. The van der Waals surface area contributed by atoms with Crippen molar-refractivity contribution in [3.05, 3.63) is 58.5 Å². The van der Waals surface area contributed by atoms with Crippen LogP contribution in [0.5, 0.6) is 0 Å². The number of carbonyl (C=O) groups is 1. The predicted molar refractivity (Wildman–Crippen MR) is 93.1 cm³/mol. The SMILES string of the molecule is CCOC(=O)c1ncn2c1Cc1cnc(C)nc1-c1cc(Cl)ccc1-2. The molecule has 1 aliphatic rings. The molecule has 3 aromatic rings. The van der Waals surface area contributed by atoms with Gasteiger partial charge < -0.3 is 9.30 Å². The fourth-order valence-corrected chi connectivity index (χ4v) is 3.24. The quantitative estimate of drug-likeness (QED) is 0.516. The second kappa shape index (κ2) is 5.97. The molecule has 6 nitrogen and oxygen atoms in total. The number of aromatic nitrogens is 4. The van der Waals surface area contributed by atoms with Gasteiger partial charge in [0.15, 0.2) is 5.69 Å². The highest BCUT2D eigenvalue weighted by Crippen LogP contribution is 2.36. The number of nitrogens with zero attached hydrogens (tertiary/aromatic N) is 4. The largest absolute Gasteiger partial charge is 0.461 e. The summed E-state index contributed by atoms with van der Waals surface area (Å²) in [7, 11) is 0. The summed E-state index contributed by atoms with van der Waals surface area (Å²) in [6.45, 7) is 3.92. The zero-order valence-electron chi connectivity index (χ0n) is 13.8. The summed E-state index contributed by atoms with van der Waals surface area (Å²) >= 11 is 6.22. The van der Waals surface area contributed by atoms with E-state index in [2.05, 4.69) is 15.0 Å². The second-order valence-corrected chi connectivity index (χ2v) is 6.20. The Balaban J connectivity index is 2.00. The third-order valence-electron chi connectivity index (χ3n) is 4.15. The van der Waals surface area contributed by atoms with E-state index in [0.29, 0.717) is 29.6 Å². The Labute approximate surface area is 149 Å². The molecule has 0 fully saturated rings. The zero-order chi connectivity index (χ0) is 17.6. The molecule has 0 saturated heterocycles. The molecule has 7 heteroatoms. The predicted octanol–water partition coefficient (Wildman–Crippen LogP) is 3.37. The first-order valence-electron chi connectivity index (χ1n) is 7.94. The number of carbonyl (C=O) groups excluding carboxylic acids is 1. The summed E-state index contributed by atoms with van der Waals surface area (Å²) in [5.41, 5.74) is 4.57. The van der Waals surface area contributed by atoms with Crippen molar-refractivity contribution >= 4 is 17.6 Å². The smallest absolute Gasteiger partial charge is 0.358 e. The van der Waals surface area contributed by atoms with Crippen LogP contribution in [-0.2, 0) is 11.2 Å². The van der Waals surface area contributed by atoms with E-state index < -0.39 is 5.97 Å². The molecule has 0 spiro atoms. The maximum Gasteiger partial charge on any atom is 0.358 e. The first-order valence-corrected chi connectivity index (χ1v) is 8.32. The van der Waals surface area contributed by atoms with E-state index in [9.17, 15) is 4.79 Å². The molecular weight excluding hydrogens is 340 g/mol. The van der Waals surface area contributed by atoms with E-state index >= 15 is 0 Å². The van der Waals surface area contributed by atoms with Crippen molar-refractivity contribution in [2.75, 3.05) is 6.61 Å². The molecule has 0 atom stereocenters. The van der Waals surface area contributed by atoms with Crippen LogP contribution >= 0.6 is 11.6 Å². The van der Waals surface area contributed by atoms with Crippen LogP contribution < -0.4 is 0 Å². The standard InChI is InChI=1S/C18H15ClN4O2/c1-3-25-18(24)17-15-6-11-8-20-10(2)22-16(11)13-7-12(19)4-5-14(13)23(15)9-21-17/h4-5,7-9H,3,6H2,1-2H3. The van der Waals surface area contributed by atoms with E-state index in [1.54, 1.807) is 19.4 Å². The molecule has 0 N–H and O–H groups in total. The number of benzene rings is 1. The summed E-state index contributed by atoms with van der Waals surface area (Å²) in [6, 6.07) is 5.60. The molecule has 0 unspecified atom stereocenters. The Morgan fingerprint density at radius 2 is 2.20 bits per heavy atom. The van der Waals surface area contributed by atoms with E-state index in [-0.39, 0.29) is 0 Å². The fraction of sp³-hybridized carbons (Fsp3) is 0.222. The van der Waals surface area contributed by atoms with E-state index in [1.165, 1.54) is 0 Å². The fourth-order valence-electron chi connectivity index (χ4n) is 3.07. The minimum atomic E-state index is -0.428. The zero-order valence-corrected chi connectivity index (χ0v) is 14.5. The molecule has 0 radical (unpaired) electrons. The summed E-state index contributed by atoms with van der Waals surface area (Å²) in [5, 5.41) is 0.621. The number of ether oxygens (including phenoxy) is 1. The van der Waals surface area contributed by atoms with Gasteiger partial charge in [-0.1, -0.05) is 11.6 Å². The van der Waals surface area contributed by atoms with E-state index in [4.69, 9.17) is 16.3 Å². The van der Waals surface area contributed by atoms with Crippen LogP contribution in [0.25, 0.3) is 16.9 Å². The van der Waals surface area contributed by atoms with Crippen molar-refractivity contribution in [1.82, 2.24) is 19.5 Å². The van der Waals surface area contributed by atoms with Crippen molar-refractivity contribution in [3.8, 4) is 16.9 Å². The van der Waals surface area contributed by atoms with Gasteiger partial charge in [-0.25, -0.2) is 19.7 Å². The average molecular weight is 355 g/mol. The van der Waals surface area contributed by atoms with Gasteiger partial charge in [-0.15, -0.1) is 0 Å². The molecule has 0 saturated carbocycles. The maximum atomic E-state index is 12.3. The maximum absolute atomic E-state index is 12.3. The van der Waals surface area contributed by atoms with Crippen LogP contribution in [0.15, 0.2) is 30.7 Å². The Morgan fingerprint density at radius 3 is 3.00 bits per heavy atom. The number of aryl methyl sites for hydroxylation is 1.